The van der Waals surface area contributed by atoms with Crippen LogP contribution in [-0.4, -0.2) is 18.3 Å². The Morgan fingerprint density at radius 2 is 2.10 bits per heavy atom. The second-order valence-electron chi connectivity index (χ2n) is 5.88. The number of benzene rings is 1. The highest BCUT2D eigenvalue weighted by atomic mass is 19.4. The average Bonchev–Trinajstić information content (AvgIpc) is 2.74. The lowest BCUT2D eigenvalue weighted by Gasteiger charge is -2.20. The SMILES string of the molecule is CC1(C)CCC(COc2ccc(CN)cc2C(F)(F)F)O1. The topological polar surface area (TPSA) is 44.5 Å². The van der Waals surface area contributed by atoms with Crippen LogP contribution in [0.4, 0.5) is 13.2 Å². The Kier molecular flexibility index (Phi) is 4.49. The van der Waals surface area contributed by atoms with E-state index in [1.54, 1.807) is 6.07 Å². The summed E-state index contributed by atoms with van der Waals surface area (Å²) in [5, 5.41) is 0. The molecule has 1 aliphatic heterocycles. The number of rotatable bonds is 4. The molecule has 21 heavy (non-hydrogen) atoms. The lowest BCUT2D eigenvalue weighted by Crippen LogP contribution is -2.24. The lowest BCUT2D eigenvalue weighted by molar-refractivity contribution is -0.139. The smallest absolute Gasteiger partial charge is 0.419 e. The van der Waals surface area contributed by atoms with Gasteiger partial charge in [-0.1, -0.05) is 6.07 Å². The van der Waals surface area contributed by atoms with Gasteiger partial charge in [0, 0.05) is 6.54 Å². The molecule has 1 aromatic rings. The van der Waals surface area contributed by atoms with Crippen LogP contribution in [-0.2, 0) is 17.5 Å². The van der Waals surface area contributed by atoms with E-state index in [2.05, 4.69) is 0 Å². The van der Waals surface area contributed by atoms with Gasteiger partial charge in [-0.2, -0.15) is 13.2 Å². The number of ether oxygens (including phenoxy) is 2. The Hall–Kier alpha value is -1.27. The third-order valence-corrected chi connectivity index (χ3v) is 3.56. The van der Waals surface area contributed by atoms with Gasteiger partial charge >= 0.3 is 6.18 Å². The van der Waals surface area contributed by atoms with Crippen LogP contribution < -0.4 is 10.5 Å². The fraction of sp³-hybridized carbons (Fsp3) is 0.600. The standard InChI is InChI=1S/C15H20F3NO2/c1-14(2)6-5-11(21-14)9-20-13-4-3-10(8-19)7-12(13)15(16,17)18/h3-4,7,11H,5-6,8-9,19H2,1-2H3. The van der Waals surface area contributed by atoms with Gasteiger partial charge in [-0.15, -0.1) is 0 Å². The van der Waals surface area contributed by atoms with Crippen molar-refractivity contribution >= 4 is 0 Å². The van der Waals surface area contributed by atoms with Gasteiger partial charge in [-0.05, 0) is 44.4 Å². The van der Waals surface area contributed by atoms with Crippen molar-refractivity contribution < 1.29 is 22.6 Å². The summed E-state index contributed by atoms with van der Waals surface area (Å²) in [6.07, 6.45) is -2.97. The van der Waals surface area contributed by atoms with Crippen molar-refractivity contribution in [1.29, 1.82) is 0 Å². The second-order valence-corrected chi connectivity index (χ2v) is 5.88. The van der Waals surface area contributed by atoms with E-state index in [1.807, 2.05) is 13.8 Å². The molecule has 2 N–H and O–H groups in total. The maximum absolute atomic E-state index is 13.0. The number of alkyl halides is 3. The molecule has 0 bridgehead atoms. The van der Waals surface area contributed by atoms with Crippen molar-refractivity contribution in [1.82, 2.24) is 0 Å². The molecule has 1 aromatic carbocycles. The minimum atomic E-state index is -4.46. The zero-order valence-corrected chi connectivity index (χ0v) is 12.2. The van der Waals surface area contributed by atoms with Gasteiger partial charge in [-0.25, -0.2) is 0 Å². The van der Waals surface area contributed by atoms with Crippen LogP contribution >= 0.6 is 0 Å². The summed E-state index contributed by atoms with van der Waals surface area (Å²) in [5.41, 5.74) is 4.79. The molecule has 0 aliphatic carbocycles. The quantitative estimate of drug-likeness (QED) is 0.926. The van der Waals surface area contributed by atoms with Crippen molar-refractivity contribution in [3.05, 3.63) is 29.3 Å². The Morgan fingerprint density at radius 1 is 1.38 bits per heavy atom. The van der Waals surface area contributed by atoms with E-state index in [0.29, 0.717) is 5.56 Å². The molecular formula is C15H20F3NO2. The van der Waals surface area contributed by atoms with E-state index < -0.39 is 11.7 Å². The third kappa shape index (κ3) is 4.11. The molecule has 1 fully saturated rings. The van der Waals surface area contributed by atoms with E-state index in [-0.39, 0.29) is 30.6 Å². The van der Waals surface area contributed by atoms with Crippen LogP contribution in [0.3, 0.4) is 0 Å². The summed E-state index contributed by atoms with van der Waals surface area (Å²) < 4.78 is 50.2. The lowest BCUT2D eigenvalue weighted by atomic mass is 10.1. The molecule has 0 amide bonds. The number of hydrogen-bond donors (Lipinski definition) is 1. The fourth-order valence-corrected chi connectivity index (χ4v) is 2.43. The van der Waals surface area contributed by atoms with Crippen molar-refractivity contribution in [2.45, 2.75) is 51.1 Å². The maximum atomic E-state index is 13.0. The van der Waals surface area contributed by atoms with Gasteiger partial charge in [-0.3, -0.25) is 0 Å². The zero-order valence-electron chi connectivity index (χ0n) is 12.2. The molecule has 1 aliphatic rings. The predicted molar refractivity (Wildman–Crippen MR) is 73.0 cm³/mol. The molecule has 0 spiro atoms. The Balaban J connectivity index is 2.09. The first-order valence-electron chi connectivity index (χ1n) is 6.92. The van der Waals surface area contributed by atoms with Crippen LogP contribution in [0.25, 0.3) is 0 Å². The van der Waals surface area contributed by atoms with Crippen LogP contribution in [0.5, 0.6) is 5.75 Å². The molecule has 1 atom stereocenters. The van der Waals surface area contributed by atoms with Gasteiger partial charge in [0.2, 0.25) is 0 Å². The molecule has 1 unspecified atom stereocenters. The molecule has 2 rings (SSSR count). The minimum Gasteiger partial charge on any atom is -0.490 e. The molecule has 3 nitrogen and oxygen atoms in total. The average molecular weight is 303 g/mol. The zero-order chi connectivity index (χ0) is 15.7. The predicted octanol–water partition coefficient (Wildman–Crippen LogP) is 3.50. The summed E-state index contributed by atoms with van der Waals surface area (Å²) in [4.78, 5) is 0. The molecule has 0 aromatic heterocycles. The van der Waals surface area contributed by atoms with E-state index in [9.17, 15) is 13.2 Å². The first-order chi connectivity index (χ1) is 9.71. The van der Waals surface area contributed by atoms with Gasteiger partial charge in [0.05, 0.1) is 17.3 Å². The Morgan fingerprint density at radius 3 is 2.62 bits per heavy atom. The van der Waals surface area contributed by atoms with Crippen LogP contribution in [0, 0.1) is 0 Å². The molecule has 1 saturated heterocycles. The monoisotopic (exact) mass is 303 g/mol. The van der Waals surface area contributed by atoms with Crippen LogP contribution in [0.1, 0.15) is 37.8 Å². The van der Waals surface area contributed by atoms with Gasteiger partial charge in [0.15, 0.2) is 0 Å². The Bertz CT molecular complexity index is 500. The summed E-state index contributed by atoms with van der Waals surface area (Å²) >= 11 is 0. The molecule has 0 radical (unpaired) electrons. The second kappa shape index (κ2) is 5.85. The highest BCUT2D eigenvalue weighted by Gasteiger charge is 2.36. The summed E-state index contributed by atoms with van der Waals surface area (Å²) in [5.74, 6) is -0.173. The Labute approximate surface area is 122 Å². The van der Waals surface area contributed by atoms with E-state index in [4.69, 9.17) is 15.2 Å². The number of hydrogen-bond acceptors (Lipinski definition) is 3. The summed E-state index contributed by atoms with van der Waals surface area (Å²) in [7, 11) is 0. The van der Waals surface area contributed by atoms with Gasteiger partial charge in [0.1, 0.15) is 12.4 Å². The van der Waals surface area contributed by atoms with Gasteiger partial charge in [0.25, 0.3) is 0 Å². The van der Waals surface area contributed by atoms with Crippen LogP contribution in [0.15, 0.2) is 18.2 Å². The summed E-state index contributed by atoms with van der Waals surface area (Å²) in [6.45, 7) is 4.10. The van der Waals surface area contributed by atoms with Crippen molar-refractivity contribution in [2.24, 2.45) is 5.73 Å². The first-order valence-corrected chi connectivity index (χ1v) is 6.92. The van der Waals surface area contributed by atoms with E-state index in [1.165, 1.54) is 6.07 Å². The van der Waals surface area contributed by atoms with E-state index >= 15 is 0 Å². The number of halogens is 3. The fourth-order valence-electron chi connectivity index (χ4n) is 2.43. The molecule has 1 heterocycles. The number of nitrogens with two attached hydrogens (primary N) is 1. The molecule has 118 valence electrons. The molecular weight excluding hydrogens is 283 g/mol. The van der Waals surface area contributed by atoms with Gasteiger partial charge < -0.3 is 15.2 Å². The maximum Gasteiger partial charge on any atom is 0.419 e. The normalized spacial score (nSPS) is 21.5. The van der Waals surface area contributed by atoms with Crippen molar-refractivity contribution in [2.75, 3.05) is 6.61 Å². The van der Waals surface area contributed by atoms with Crippen molar-refractivity contribution in [3.63, 3.8) is 0 Å². The highest BCUT2D eigenvalue weighted by molar-refractivity contribution is 5.39. The summed E-state index contributed by atoms with van der Waals surface area (Å²) in [6, 6.07) is 3.91. The van der Waals surface area contributed by atoms with Crippen LogP contribution in [0.2, 0.25) is 0 Å². The third-order valence-electron chi connectivity index (χ3n) is 3.56. The largest absolute Gasteiger partial charge is 0.490 e. The minimum absolute atomic E-state index is 0.0588. The van der Waals surface area contributed by atoms with E-state index in [0.717, 1.165) is 18.9 Å². The molecule has 0 saturated carbocycles. The van der Waals surface area contributed by atoms with Crippen molar-refractivity contribution in [3.8, 4) is 5.75 Å². The highest BCUT2D eigenvalue weighted by Crippen LogP contribution is 2.37. The first kappa shape index (κ1) is 16.1. The molecule has 6 heteroatoms.